The second kappa shape index (κ2) is 15.8. The molecular weight excluding hydrogens is 468 g/mol. The molecule has 0 saturated carbocycles. The van der Waals surface area contributed by atoms with Gasteiger partial charge in [0.05, 0.1) is 24.6 Å². The molecule has 9 nitrogen and oxygen atoms in total. The third kappa shape index (κ3) is 10.9. The fraction of sp³-hybridized carbons (Fsp3) is 0.400. The van der Waals surface area contributed by atoms with Crippen LogP contribution in [0.2, 0.25) is 5.15 Å². The number of hydrogen-bond donors (Lipinski definition) is 2. The normalized spacial score (nSPS) is 13.4. The first-order valence-electron chi connectivity index (χ1n) is 11.4. The van der Waals surface area contributed by atoms with Gasteiger partial charge in [-0.2, -0.15) is 0 Å². The Morgan fingerprint density at radius 1 is 1.20 bits per heavy atom. The highest BCUT2D eigenvalue weighted by Gasteiger charge is 2.16. The third-order valence-electron chi connectivity index (χ3n) is 4.86. The Balaban J connectivity index is 0.000000456. The zero-order valence-corrected chi connectivity index (χ0v) is 21.3. The molecule has 2 aromatic rings. The SMILES string of the molecule is CCCN(C)c1cnc(CN(Cc2ccccc2)C[C@@H](O)COC)c(Cl)n1.NC1=NOC=CC=C1. The van der Waals surface area contributed by atoms with E-state index in [4.69, 9.17) is 22.1 Å². The first-order chi connectivity index (χ1) is 16.9. The Morgan fingerprint density at radius 3 is 2.66 bits per heavy atom. The van der Waals surface area contributed by atoms with Crippen molar-refractivity contribution < 1.29 is 14.7 Å². The number of aromatic nitrogens is 2. The van der Waals surface area contributed by atoms with E-state index in [1.165, 1.54) is 6.26 Å². The number of aliphatic hydroxyl groups is 1. The van der Waals surface area contributed by atoms with Gasteiger partial charge in [0.25, 0.3) is 0 Å². The zero-order valence-electron chi connectivity index (χ0n) is 20.5. The average molecular weight is 503 g/mol. The van der Waals surface area contributed by atoms with Crippen molar-refractivity contribution in [1.29, 1.82) is 0 Å². The van der Waals surface area contributed by atoms with E-state index >= 15 is 0 Å². The highest BCUT2D eigenvalue weighted by Crippen LogP contribution is 2.19. The summed E-state index contributed by atoms with van der Waals surface area (Å²) >= 11 is 6.40. The number of allylic oxidation sites excluding steroid dienone is 2. The summed E-state index contributed by atoms with van der Waals surface area (Å²) in [6, 6.07) is 10.1. The minimum absolute atomic E-state index is 0.283. The monoisotopic (exact) mass is 502 g/mol. The Labute approximate surface area is 212 Å². The van der Waals surface area contributed by atoms with Crippen molar-refractivity contribution in [1.82, 2.24) is 14.9 Å². The van der Waals surface area contributed by atoms with Crippen molar-refractivity contribution in [3.8, 4) is 0 Å². The maximum absolute atomic E-state index is 10.2. The van der Waals surface area contributed by atoms with Crippen molar-refractivity contribution >= 4 is 23.3 Å². The van der Waals surface area contributed by atoms with Crippen LogP contribution in [0.4, 0.5) is 5.82 Å². The molecule has 1 atom stereocenters. The smallest absolute Gasteiger partial charge is 0.163 e. The summed E-state index contributed by atoms with van der Waals surface area (Å²) in [5, 5.41) is 14.0. The number of oxime groups is 1. The molecule has 1 aliphatic heterocycles. The van der Waals surface area contributed by atoms with Gasteiger partial charge in [-0.25, -0.2) is 4.98 Å². The van der Waals surface area contributed by atoms with Gasteiger partial charge in [-0.05, 0) is 24.1 Å². The molecule has 0 unspecified atom stereocenters. The van der Waals surface area contributed by atoms with E-state index < -0.39 is 6.10 Å². The lowest BCUT2D eigenvalue weighted by Crippen LogP contribution is -2.34. The van der Waals surface area contributed by atoms with Crippen LogP contribution in [0.3, 0.4) is 0 Å². The number of anilines is 1. The topological polar surface area (TPSA) is 109 Å². The van der Waals surface area contributed by atoms with Crippen molar-refractivity contribution in [2.75, 3.05) is 38.8 Å². The van der Waals surface area contributed by atoms with Gasteiger partial charge >= 0.3 is 0 Å². The first kappa shape index (κ1) is 28.3. The van der Waals surface area contributed by atoms with Crippen LogP contribution in [0.5, 0.6) is 0 Å². The van der Waals surface area contributed by atoms with Crippen LogP contribution >= 0.6 is 11.6 Å². The highest BCUT2D eigenvalue weighted by molar-refractivity contribution is 6.30. The maximum Gasteiger partial charge on any atom is 0.163 e. The molecule has 0 radical (unpaired) electrons. The molecule has 0 spiro atoms. The summed E-state index contributed by atoms with van der Waals surface area (Å²) in [4.78, 5) is 17.7. The Morgan fingerprint density at radius 2 is 1.97 bits per heavy atom. The van der Waals surface area contributed by atoms with Gasteiger partial charge in [-0.15, -0.1) is 0 Å². The van der Waals surface area contributed by atoms with Crippen LogP contribution in [0, 0.1) is 0 Å². The summed E-state index contributed by atoms with van der Waals surface area (Å²) in [5.41, 5.74) is 7.09. The lowest BCUT2D eigenvalue weighted by Gasteiger charge is -2.25. The molecule has 0 fully saturated rings. The molecule has 0 bridgehead atoms. The summed E-state index contributed by atoms with van der Waals surface area (Å²) in [6.45, 7) is 4.93. The van der Waals surface area contributed by atoms with Crippen LogP contribution in [0.15, 0.2) is 66.2 Å². The van der Waals surface area contributed by atoms with E-state index in [1.807, 2.05) is 30.1 Å². The van der Waals surface area contributed by atoms with Crippen LogP contribution in [0.25, 0.3) is 0 Å². The molecule has 1 aromatic heterocycles. The number of ether oxygens (including phenoxy) is 1. The fourth-order valence-corrected chi connectivity index (χ4v) is 3.46. The number of methoxy groups -OCH3 is 1. The van der Waals surface area contributed by atoms with Gasteiger partial charge in [0.1, 0.15) is 12.1 Å². The number of rotatable bonds is 11. The predicted octanol–water partition coefficient (Wildman–Crippen LogP) is 3.34. The second-order valence-electron chi connectivity index (χ2n) is 7.96. The number of halogens is 1. The van der Waals surface area contributed by atoms with E-state index in [1.54, 1.807) is 31.5 Å². The first-order valence-corrected chi connectivity index (χ1v) is 11.8. The maximum atomic E-state index is 10.2. The van der Waals surface area contributed by atoms with Crippen molar-refractivity contribution in [2.45, 2.75) is 32.5 Å². The molecular formula is C25H35ClN6O3. The van der Waals surface area contributed by atoms with E-state index in [0.29, 0.717) is 36.3 Å². The largest absolute Gasteiger partial charge is 0.389 e. The second-order valence-corrected chi connectivity index (χ2v) is 8.32. The van der Waals surface area contributed by atoms with Gasteiger partial charge in [-0.3, -0.25) is 9.88 Å². The number of hydrogen-bond acceptors (Lipinski definition) is 9. The Hall–Kier alpha value is -2.98. The molecule has 10 heteroatoms. The van der Waals surface area contributed by atoms with Gasteiger partial charge in [0.15, 0.2) is 11.0 Å². The number of amidine groups is 1. The molecule has 3 N–H and O–H groups in total. The number of benzene rings is 1. The molecule has 1 aliphatic rings. The van der Waals surface area contributed by atoms with Crippen LogP contribution in [0.1, 0.15) is 24.6 Å². The summed E-state index contributed by atoms with van der Waals surface area (Å²) in [6.07, 6.45) is 8.78. The lowest BCUT2D eigenvalue weighted by atomic mass is 10.2. The number of aliphatic hydroxyl groups excluding tert-OH is 1. The number of nitrogens with two attached hydrogens (primary N) is 1. The predicted molar refractivity (Wildman–Crippen MR) is 140 cm³/mol. The summed E-state index contributed by atoms with van der Waals surface area (Å²) in [7, 11) is 3.56. The molecule has 3 rings (SSSR count). The molecule has 1 aromatic carbocycles. The average Bonchev–Trinajstić information content (AvgIpc) is 3.09. The summed E-state index contributed by atoms with van der Waals surface area (Å²) < 4.78 is 5.06. The van der Waals surface area contributed by atoms with Gasteiger partial charge < -0.3 is 25.3 Å². The Kier molecular flexibility index (Phi) is 12.8. The van der Waals surface area contributed by atoms with Gasteiger partial charge in [-0.1, -0.05) is 60.1 Å². The van der Waals surface area contributed by atoms with Crippen molar-refractivity contribution in [2.24, 2.45) is 10.9 Å². The van der Waals surface area contributed by atoms with E-state index in [2.05, 4.69) is 43.9 Å². The van der Waals surface area contributed by atoms with Gasteiger partial charge in [0, 0.05) is 40.3 Å². The standard InChI is InChI=1S/C20H29ClN4O2.C5H6N2O/c1-4-10-24(2)19-11-22-18(20(21)23-19)14-25(13-17(26)15-27-3)12-16-8-6-5-7-9-16;6-5-3-1-2-4-8-7-5/h5-9,11,17,26H,4,10,12-15H2,1-3H3;1-4H,(H2,6,7)/t17-;/m1./s1. The zero-order chi connectivity index (χ0) is 25.5. The highest BCUT2D eigenvalue weighted by atomic mass is 35.5. The minimum atomic E-state index is -0.583. The molecule has 0 saturated heterocycles. The summed E-state index contributed by atoms with van der Waals surface area (Å²) in [5.74, 6) is 1.15. The minimum Gasteiger partial charge on any atom is -0.389 e. The Bertz CT molecular complexity index is 968. The number of nitrogens with zero attached hydrogens (tertiary/aromatic N) is 5. The molecule has 190 valence electrons. The molecule has 0 aliphatic carbocycles. The molecule has 0 amide bonds. The quantitative estimate of drug-likeness (QED) is 0.481. The van der Waals surface area contributed by atoms with E-state index in [9.17, 15) is 5.11 Å². The van der Waals surface area contributed by atoms with E-state index in [-0.39, 0.29) is 6.61 Å². The van der Waals surface area contributed by atoms with Crippen LogP contribution in [-0.4, -0.2) is 65.8 Å². The van der Waals surface area contributed by atoms with Crippen molar-refractivity contribution in [3.63, 3.8) is 0 Å². The van der Waals surface area contributed by atoms with Gasteiger partial charge in [0.2, 0.25) is 0 Å². The van der Waals surface area contributed by atoms with Crippen molar-refractivity contribution in [3.05, 3.63) is 77.4 Å². The lowest BCUT2D eigenvalue weighted by molar-refractivity contribution is 0.0335. The molecule has 35 heavy (non-hydrogen) atoms. The van der Waals surface area contributed by atoms with Crippen LogP contribution < -0.4 is 10.6 Å². The third-order valence-corrected chi connectivity index (χ3v) is 5.17. The fourth-order valence-electron chi connectivity index (χ4n) is 3.26. The molecule has 2 heterocycles. The van der Waals surface area contributed by atoms with Crippen LogP contribution in [-0.2, 0) is 22.7 Å². The van der Waals surface area contributed by atoms with E-state index in [0.717, 1.165) is 24.3 Å².